The Morgan fingerprint density at radius 1 is 1.65 bits per heavy atom. The molecule has 17 heavy (non-hydrogen) atoms. The molecule has 0 unspecified atom stereocenters. The van der Waals surface area contributed by atoms with Gasteiger partial charge in [0.05, 0.1) is 17.9 Å². The Balaban J connectivity index is 2.77. The minimum absolute atomic E-state index is 0.0785. The van der Waals surface area contributed by atoms with E-state index in [2.05, 4.69) is 10.3 Å². The number of aromatic nitrogens is 1. The molecule has 0 saturated carbocycles. The van der Waals surface area contributed by atoms with Gasteiger partial charge in [-0.2, -0.15) is 5.26 Å². The summed E-state index contributed by atoms with van der Waals surface area (Å²) >= 11 is 0. The molecule has 0 bridgehead atoms. The lowest BCUT2D eigenvalue weighted by molar-refractivity contribution is 0.0900. The predicted molar refractivity (Wildman–Crippen MR) is 62.5 cm³/mol. The Kier molecular flexibility index (Phi) is 4.61. The maximum absolute atomic E-state index is 11.8. The first-order valence-corrected chi connectivity index (χ1v) is 5.26. The van der Waals surface area contributed by atoms with E-state index in [9.17, 15) is 4.79 Å². The van der Waals surface area contributed by atoms with Gasteiger partial charge in [0.15, 0.2) is 0 Å². The van der Waals surface area contributed by atoms with Crippen LogP contribution in [0.4, 0.5) is 0 Å². The molecule has 0 radical (unpaired) electrons. The lowest BCUT2D eigenvalue weighted by atomic mass is 10.2. The number of methoxy groups -OCH3 is 1. The zero-order chi connectivity index (χ0) is 12.8. The van der Waals surface area contributed by atoms with Crippen LogP contribution in [0.25, 0.3) is 0 Å². The highest BCUT2D eigenvalue weighted by Gasteiger charge is 2.12. The van der Waals surface area contributed by atoms with E-state index in [0.717, 1.165) is 0 Å². The Morgan fingerprint density at radius 3 is 2.88 bits per heavy atom. The summed E-state index contributed by atoms with van der Waals surface area (Å²) in [7, 11) is 1.58. The van der Waals surface area contributed by atoms with Crippen molar-refractivity contribution in [3.63, 3.8) is 0 Å². The van der Waals surface area contributed by atoms with Crippen LogP contribution in [-0.2, 0) is 4.74 Å². The molecule has 0 fully saturated rings. The number of carbonyl (C=O) groups is 1. The molecule has 1 rings (SSSR count). The number of ether oxygens (including phenoxy) is 1. The minimum atomic E-state index is -0.262. The molecular weight excluding hydrogens is 218 g/mol. The number of nitrogens with one attached hydrogen (secondary N) is 1. The molecule has 0 aliphatic rings. The zero-order valence-corrected chi connectivity index (χ0v) is 10.2. The number of carbonyl (C=O) groups excluding carboxylic acids is 1. The molecule has 1 heterocycles. The lowest BCUT2D eigenvalue weighted by Gasteiger charge is -2.12. The van der Waals surface area contributed by atoms with E-state index in [1.165, 1.54) is 0 Å². The Labute approximate surface area is 100 Å². The molecule has 1 N–H and O–H groups in total. The Morgan fingerprint density at radius 2 is 2.35 bits per heavy atom. The standard InChI is InChI=1S/C12H15N3O2/c1-8(7-17-3)14-12(16)11-5-4-10(6-13)9(2)15-11/h4-5,8H,7H2,1-3H3,(H,14,16)/t8-/m0/s1. The number of nitrogens with zero attached hydrogens (tertiary/aromatic N) is 2. The van der Waals surface area contributed by atoms with Crippen LogP contribution in [0.1, 0.15) is 28.7 Å². The van der Waals surface area contributed by atoms with Gasteiger partial charge in [-0.15, -0.1) is 0 Å². The third-order valence-corrected chi connectivity index (χ3v) is 2.23. The fourth-order valence-corrected chi connectivity index (χ4v) is 1.40. The molecule has 1 aromatic heterocycles. The maximum Gasteiger partial charge on any atom is 0.270 e. The second kappa shape index (κ2) is 5.97. The number of aryl methyl sites for hydroxylation is 1. The SMILES string of the molecule is COC[C@H](C)NC(=O)c1ccc(C#N)c(C)n1. The van der Waals surface area contributed by atoms with Gasteiger partial charge >= 0.3 is 0 Å². The normalized spacial score (nSPS) is 11.6. The average Bonchev–Trinajstić information content (AvgIpc) is 2.29. The highest BCUT2D eigenvalue weighted by atomic mass is 16.5. The molecule has 0 aromatic carbocycles. The first-order valence-electron chi connectivity index (χ1n) is 5.26. The van der Waals surface area contributed by atoms with Gasteiger partial charge in [0.1, 0.15) is 11.8 Å². The topological polar surface area (TPSA) is 75.0 Å². The van der Waals surface area contributed by atoms with Gasteiger partial charge in [-0.05, 0) is 26.0 Å². The number of nitriles is 1. The molecule has 0 saturated heterocycles. The summed E-state index contributed by atoms with van der Waals surface area (Å²) in [4.78, 5) is 15.9. The van der Waals surface area contributed by atoms with Crippen molar-refractivity contribution in [2.45, 2.75) is 19.9 Å². The molecule has 5 nitrogen and oxygen atoms in total. The van der Waals surface area contributed by atoms with Crippen molar-refractivity contribution < 1.29 is 9.53 Å². The van der Waals surface area contributed by atoms with Crippen LogP contribution >= 0.6 is 0 Å². The van der Waals surface area contributed by atoms with Crippen molar-refractivity contribution in [1.29, 1.82) is 5.26 Å². The molecule has 0 aliphatic carbocycles. The van der Waals surface area contributed by atoms with Crippen LogP contribution in [-0.4, -0.2) is 30.6 Å². The number of rotatable bonds is 4. The second-order valence-corrected chi connectivity index (χ2v) is 3.77. The number of amides is 1. The van der Waals surface area contributed by atoms with E-state index in [0.29, 0.717) is 23.6 Å². The largest absolute Gasteiger partial charge is 0.383 e. The van der Waals surface area contributed by atoms with Crippen LogP contribution in [0.3, 0.4) is 0 Å². The number of hydrogen-bond acceptors (Lipinski definition) is 4. The van der Waals surface area contributed by atoms with Crippen molar-refractivity contribution in [3.8, 4) is 6.07 Å². The van der Waals surface area contributed by atoms with E-state index < -0.39 is 0 Å². The third-order valence-electron chi connectivity index (χ3n) is 2.23. The second-order valence-electron chi connectivity index (χ2n) is 3.77. The summed E-state index contributed by atoms with van der Waals surface area (Å²) in [5.41, 5.74) is 1.34. The summed E-state index contributed by atoms with van der Waals surface area (Å²) in [6.45, 7) is 3.99. The van der Waals surface area contributed by atoms with Crippen molar-refractivity contribution >= 4 is 5.91 Å². The fraction of sp³-hybridized carbons (Fsp3) is 0.417. The van der Waals surface area contributed by atoms with Crippen molar-refractivity contribution in [2.24, 2.45) is 0 Å². The van der Waals surface area contributed by atoms with E-state index in [1.54, 1.807) is 26.2 Å². The summed E-state index contributed by atoms with van der Waals surface area (Å²) < 4.78 is 4.92. The summed E-state index contributed by atoms with van der Waals surface area (Å²) in [5.74, 6) is -0.262. The Bertz CT molecular complexity index is 452. The average molecular weight is 233 g/mol. The highest BCUT2D eigenvalue weighted by Crippen LogP contribution is 2.05. The van der Waals surface area contributed by atoms with Crippen molar-refractivity contribution in [1.82, 2.24) is 10.3 Å². The van der Waals surface area contributed by atoms with Crippen LogP contribution < -0.4 is 5.32 Å². The van der Waals surface area contributed by atoms with E-state index in [4.69, 9.17) is 10.00 Å². The van der Waals surface area contributed by atoms with Crippen LogP contribution in [0.15, 0.2) is 12.1 Å². The highest BCUT2D eigenvalue weighted by molar-refractivity contribution is 5.92. The molecular formula is C12H15N3O2. The van der Waals surface area contributed by atoms with Gasteiger partial charge in [-0.25, -0.2) is 4.98 Å². The van der Waals surface area contributed by atoms with Crippen molar-refractivity contribution in [2.75, 3.05) is 13.7 Å². The van der Waals surface area contributed by atoms with E-state index >= 15 is 0 Å². The zero-order valence-electron chi connectivity index (χ0n) is 10.2. The summed E-state index contributed by atoms with van der Waals surface area (Å²) in [6, 6.07) is 5.07. The molecule has 0 spiro atoms. The molecule has 5 heteroatoms. The number of hydrogen-bond donors (Lipinski definition) is 1. The molecule has 1 amide bonds. The van der Waals surface area contributed by atoms with E-state index in [1.807, 2.05) is 13.0 Å². The van der Waals surface area contributed by atoms with E-state index in [-0.39, 0.29) is 11.9 Å². The fourth-order valence-electron chi connectivity index (χ4n) is 1.40. The first kappa shape index (κ1) is 13.1. The van der Waals surface area contributed by atoms with Gasteiger partial charge in [0.2, 0.25) is 0 Å². The summed E-state index contributed by atoms with van der Waals surface area (Å²) in [5, 5.41) is 11.5. The predicted octanol–water partition coefficient (Wildman–Crippen LogP) is 1.03. The third kappa shape index (κ3) is 3.54. The van der Waals surface area contributed by atoms with Gasteiger partial charge < -0.3 is 10.1 Å². The quantitative estimate of drug-likeness (QED) is 0.842. The van der Waals surface area contributed by atoms with Crippen LogP contribution in [0.2, 0.25) is 0 Å². The van der Waals surface area contributed by atoms with Gasteiger partial charge in [0, 0.05) is 13.2 Å². The monoisotopic (exact) mass is 233 g/mol. The molecule has 0 aliphatic heterocycles. The number of pyridine rings is 1. The minimum Gasteiger partial charge on any atom is -0.383 e. The maximum atomic E-state index is 11.8. The molecule has 90 valence electrons. The van der Waals surface area contributed by atoms with Crippen LogP contribution in [0, 0.1) is 18.3 Å². The summed E-state index contributed by atoms with van der Waals surface area (Å²) in [6.07, 6.45) is 0. The van der Waals surface area contributed by atoms with Gasteiger partial charge in [0.25, 0.3) is 5.91 Å². The Hall–Kier alpha value is -1.93. The van der Waals surface area contributed by atoms with Gasteiger partial charge in [-0.3, -0.25) is 4.79 Å². The molecule has 1 atom stereocenters. The smallest absolute Gasteiger partial charge is 0.270 e. The van der Waals surface area contributed by atoms with Gasteiger partial charge in [-0.1, -0.05) is 0 Å². The molecule has 1 aromatic rings. The van der Waals surface area contributed by atoms with Crippen molar-refractivity contribution in [3.05, 3.63) is 29.1 Å². The first-order chi connectivity index (χ1) is 8.08. The lowest BCUT2D eigenvalue weighted by Crippen LogP contribution is -2.36. The van der Waals surface area contributed by atoms with Crippen LogP contribution in [0.5, 0.6) is 0 Å².